The Kier molecular flexibility index (Phi) is 1.79. The maximum Gasteiger partial charge on any atom is 0.139 e. The number of nitrogens with zero attached hydrogens (tertiary/aromatic N) is 3. The number of hydrogen-bond donors (Lipinski definition) is 1. The van der Waals surface area contributed by atoms with Gasteiger partial charge in [0.1, 0.15) is 12.0 Å². The highest BCUT2D eigenvalue weighted by Crippen LogP contribution is 2.36. The van der Waals surface area contributed by atoms with Crippen molar-refractivity contribution in [3.8, 4) is 0 Å². The molecule has 3 rings (SSSR count). The first kappa shape index (κ1) is 8.85. The van der Waals surface area contributed by atoms with E-state index in [9.17, 15) is 0 Å². The number of aryl methyl sites for hydroxylation is 1. The van der Waals surface area contributed by atoms with Gasteiger partial charge in [0.25, 0.3) is 0 Å². The molecule has 15 heavy (non-hydrogen) atoms. The molecular formula is C11H14N4. The Hall–Kier alpha value is -1.42. The summed E-state index contributed by atoms with van der Waals surface area (Å²) in [7, 11) is 0. The third-order valence-corrected chi connectivity index (χ3v) is 3.08. The summed E-state index contributed by atoms with van der Waals surface area (Å²) in [4.78, 5) is 8.56. The van der Waals surface area contributed by atoms with Crippen molar-refractivity contribution >= 4 is 5.65 Å². The number of aromatic nitrogens is 3. The molecule has 0 aromatic carbocycles. The van der Waals surface area contributed by atoms with Gasteiger partial charge in [-0.1, -0.05) is 0 Å². The maximum absolute atomic E-state index is 6.04. The lowest BCUT2D eigenvalue weighted by molar-refractivity contribution is 0.604. The van der Waals surface area contributed by atoms with Crippen molar-refractivity contribution in [3.05, 3.63) is 30.5 Å². The highest BCUT2D eigenvalue weighted by Gasteiger charge is 2.37. The van der Waals surface area contributed by atoms with Crippen LogP contribution in [0.4, 0.5) is 0 Å². The maximum atomic E-state index is 6.04. The van der Waals surface area contributed by atoms with Crippen molar-refractivity contribution in [2.75, 3.05) is 0 Å². The number of nitrogens with two attached hydrogens (primary N) is 1. The van der Waals surface area contributed by atoms with Crippen LogP contribution in [0.2, 0.25) is 0 Å². The zero-order valence-electron chi connectivity index (χ0n) is 8.56. The second kappa shape index (κ2) is 3.03. The van der Waals surface area contributed by atoms with Gasteiger partial charge in [0.05, 0.1) is 5.69 Å². The van der Waals surface area contributed by atoms with Crippen LogP contribution in [0.3, 0.4) is 0 Å². The van der Waals surface area contributed by atoms with Crippen molar-refractivity contribution in [2.24, 2.45) is 5.73 Å². The Labute approximate surface area is 88.1 Å². The van der Waals surface area contributed by atoms with E-state index >= 15 is 0 Å². The molecule has 0 atom stereocenters. The average Bonchev–Trinajstić information content (AvgIpc) is 2.83. The molecule has 0 aliphatic heterocycles. The fraction of sp³-hybridized carbons (Fsp3) is 0.455. The molecule has 0 amide bonds. The molecule has 4 heteroatoms. The Morgan fingerprint density at radius 2 is 2.33 bits per heavy atom. The van der Waals surface area contributed by atoms with E-state index < -0.39 is 0 Å². The summed E-state index contributed by atoms with van der Waals surface area (Å²) in [6, 6.07) is 1.92. The molecule has 0 spiro atoms. The van der Waals surface area contributed by atoms with Crippen LogP contribution >= 0.6 is 0 Å². The van der Waals surface area contributed by atoms with Crippen LogP contribution in [-0.4, -0.2) is 19.9 Å². The molecule has 4 nitrogen and oxygen atoms in total. The molecule has 2 aromatic heterocycles. The van der Waals surface area contributed by atoms with E-state index in [1.807, 2.05) is 16.7 Å². The standard InChI is InChI=1S/C11H14N4/c12-11(4-5-11)3-1-9-7-15-8-13-6-2-10(15)14-9/h2,6-8H,1,3-5,12H2. The van der Waals surface area contributed by atoms with Gasteiger partial charge in [-0.3, -0.25) is 4.40 Å². The molecule has 0 radical (unpaired) electrons. The number of fused-ring (bicyclic) bond motifs is 1. The third kappa shape index (κ3) is 1.72. The quantitative estimate of drug-likeness (QED) is 0.812. The van der Waals surface area contributed by atoms with Gasteiger partial charge >= 0.3 is 0 Å². The van der Waals surface area contributed by atoms with E-state index in [4.69, 9.17) is 5.73 Å². The smallest absolute Gasteiger partial charge is 0.139 e. The highest BCUT2D eigenvalue weighted by molar-refractivity contribution is 5.37. The summed E-state index contributed by atoms with van der Waals surface area (Å²) in [6.45, 7) is 0. The lowest BCUT2D eigenvalue weighted by atomic mass is 10.1. The zero-order valence-corrected chi connectivity index (χ0v) is 8.56. The minimum atomic E-state index is 0.119. The molecule has 78 valence electrons. The van der Waals surface area contributed by atoms with Crippen molar-refractivity contribution in [2.45, 2.75) is 31.2 Å². The normalized spacial score (nSPS) is 18.2. The second-order valence-corrected chi connectivity index (χ2v) is 4.44. The van der Waals surface area contributed by atoms with Crippen molar-refractivity contribution in [3.63, 3.8) is 0 Å². The summed E-state index contributed by atoms with van der Waals surface area (Å²) in [5.74, 6) is 0. The van der Waals surface area contributed by atoms with Crippen LogP contribution in [-0.2, 0) is 6.42 Å². The molecule has 1 aliphatic rings. The largest absolute Gasteiger partial charge is 0.325 e. The summed E-state index contributed by atoms with van der Waals surface area (Å²) in [6.07, 6.45) is 9.93. The lowest BCUT2D eigenvalue weighted by Gasteiger charge is -2.04. The topological polar surface area (TPSA) is 56.2 Å². The molecule has 2 heterocycles. The van der Waals surface area contributed by atoms with Crippen molar-refractivity contribution in [1.82, 2.24) is 14.4 Å². The van der Waals surface area contributed by atoms with Crippen LogP contribution in [0.5, 0.6) is 0 Å². The van der Waals surface area contributed by atoms with Gasteiger partial charge in [-0.15, -0.1) is 0 Å². The van der Waals surface area contributed by atoms with Gasteiger partial charge in [0, 0.05) is 17.9 Å². The average molecular weight is 202 g/mol. The van der Waals surface area contributed by atoms with Gasteiger partial charge in [0.2, 0.25) is 0 Å². The van der Waals surface area contributed by atoms with E-state index in [2.05, 4.69) is 9.97 Å². The highest BCUT2D eigenvalue weighted by atomic mass is 15.0. The Morgan fingerprint density at radius 1 is 1.47 bits per heavy atom. The van der Waals surface area contributed by atoms with Gasteiger partial charge in [0.15, 0.2) is 0 Å². The van der Waals surface area contributed by atoms with E-state index in [1.54, 1.807) is 12.5 Å². The number of rotatable bonds is 3. The van der Waals surface area contributed by atoms with Crippen molar-refractivity contribution < 1.29 is 0 Å². The summed E-state index contributed by atoms with van der Waals surface area (Å²) >= 11 is 0. The Morgan fingerprint density at radius 3 is 3.07 bits per heavy atom. The van der Waals surface area contributed by atoms with Crippen LogP contribution < -0.4 is 5.73 Å². The molecule has 0 saturated heterocycles. The molecule has 1 fully saturated rings. The van der Waals surface area contributed by atoms with E-state index in [0.717, 1.165) is 24.2 Å². The van der Waals surface area contributed by atoms with Crippen molar-refractivity contribution in [1.29, 1.82) is 0 Å². The molecule has 1 saturated carbocycles. The van der Waals surface area contributed by atoms with Crippen LogP contribution in [0, 0.1) is 0 Å². The molecule has 0 bridgehead atoms. The summed E-state index contributed by atoms with van der Waals surface area (Å²) in [5.41, 5.74) is 8.23. The lowest BCUT2D eigenvalue weighted by Crippen LogP contribution is -2.22. The van der Waals surface area contributed by atoms with Gasteiger partial charge < -0.3 is 5.73 Å². The first-order chi connectivity index (χ1) is 7.25. The third-order valence-electron chi connectivity index (χ3n) is 3.08. The predicted octanol–water partition coefficient (Wildman–Crippen LogP) is 1.15. The number of imidazole rings is 1. The summed E-state index contributed by atoms with van der Waals surface area (Å²) < 4.78 is 1.95. The van der Waals surface area contributed by atoms with Gasteiger partial charge in [-0.2, -0.15) is 0 Å². The Bertz CT molecular complexity index is 451. The molecule has 2 aromatic rings. The van der Waals surface area contributed by atoms with Crippen LogP contribution in [0.1, 0.15) is 25.0 Å². The molecule has 0 unspecified atom stereocenters. The SMILES string of the molecule is NC1(CCc2cn3cnccc3n2)CC1. The van der Waals surface area contributed by atoms with E-state index in [-0.39, 0.29) is 5.54 Å². The molecule has 1 aliphatic carbocycles. The first-order valence-corrected chi connectivity index (χ1v) is 5.32. The van der Waals surface area contributed by atoms with E-state index in [0.29, 0.717) is 0 Å². The van der Waals surface area contributed by atoms with Gasteiger partial charge in [-0.25, -0.2) is 9.97 Å². The minimum Gasteiger partial charge on any atom is -0.325 e. The predicted molar refractivity (Wildman–Crippen MR) is 57.5 cm³/mol. The monoisotopic (exact) mass is 202 g/mol. The fourth-order valence-electron chi connectivity index (χ4n) is 1.80. The minimum absolute atomic E-state index is 0.119. The fourth-order valence-corrected chi connectivity index (χ4v) is 1.80. The summed E-state index contributed by atoms with van der Waals surface area (Å²) in [5, 5.41) is 0. The first-order valence-electron chi connectivity index (χ1n) is 5.32. The van der Waals surface area contributed by atoms with Gasteiger partial charge in [-0.05, 0) is 31.7 Å². The van der Waals surface area contributed by atoms with E-state index in [1.165, 1.54) is 12.8 Å². The van der Waals surface area contributed by atoms with Crippen LogP contribution in [0.25, 0.3) is 5.65 Å². The second-order valence-electron chi connectivity index (χ2n) is 4.44. The molecule has 2 N–H and O–H groups in total. The zero-order chi connectivity index (χ0) is 10.3. The molecular weight excluding hydrogens is 188 g/mol. The number of hydrogen-bond acceptors (Lipinski definition) is 3. The van der Waals surface area contributed by atoms with Crippen LogP contribution in [0.15, 0.2) is 24.8 Å². The Balaban J connectivity index is 1.79.